The summed E-state index contributed by atoms with van der Waals surface area (Å²) in [6.45, 7) is 11.5. The third-order valence-electron chi connectivity index (χ3n) is 7.54. The molecule has 6 heteroatoms. The van der Waals surface area contributed by atoms with Crippen LogP contribution < -0.4 is 4.74 Å². The molecule has 0 radical (unpaired) electrons. The van der Waals surface area contributed by atoms with Crippen molar-refractivity contribution in [1.82, 2.24) is 4.57 Å². The van der Waals surface area contributed by atoms with Crippen LogP contribution in [-0.4, -0.2) is 38.7 Å². The summed E-state index contributed by atoms with van der Waals surface area (Å²) in [5.74, 6) is -0.939. The number of carboxylic acid groups (broad SMARTS) is 1. The second kappa shape index (κ2) is 15.7. The van der Waals surface area contributed by atoms with E-state index in [1.165, 1.54) is 44.1 Å². The van der Waals surface area contributed by atoms with Crippen molar-refractivity contribution in [2.45, 2.75) is 118 Å². The molecule has 4 unspecified atom stereocenters. The van der Waals surface area contributed by atoms with Crippen molar-refractivity contribution in [3.8, 4) is 5.75 Å². The van der Waals surface area contributed by atoms with Gasteiger partial charge in [-0.3, -0.25) is 9.59 Å². The molecular weight excluding hydrogens is 478 g/mol. The predicted octanol–water partition coefficient (Wildman–Crippen LogP) is 7.27. The molecule has 0 aliphatic carbocycles. The number of rotatable bonds is 18. The first-order chi connectivity index (χ1) is 18.1. The van der Waals surface area contributed by atoms with E-state index < -0.39 is 24.1 Å². The number of ketones is 1. The molecule has 0 fully saturated rings. The summed E-state index contributed by atoms with van der Waals surface area (Å²) in [5, 5.41) is 20.6. The van der Waals surface area contributed by atoms with E-state index >= 15 is 0 Å². The van der Waals surface area contributed by atoms with E-state index in [0.29, 0.717) is 23.3 Å². The number of nitrogens with zero attached hydrogens (tertiary/aromatic N) is 1. The summed E-state index contributed by atoms with van der Waals surface area (Å²) >= 11 is 0. The van der Waals surface area contributed by atoms with E-state index in [9.17, 15) is 19.8 Å². The fraction of sp³-hybridized carbons (Fsp3) is 0.625. The lowest BCUT2D eigenvalue weighted by Crippen LogP contribution is -2.35. The SMILES string of the molecule is CCCCCCCCc1ccc(OC(C)C(O)C(C)n2cc(CC(CC)C(=O)O)c(C(=O)C(C)C)c2)cc1. The van der Waals surface area contributed by atoms with Crippen LogP contribution in [-0.2, 0) is 17.6 Å². The maximum Gasteiger partial charge on any atom is 0.306 e. The van der Waals surface area contributed by atoms with Crippen molar-refractivity contribution in [1.29, 1.82) is 0 Å². The zero-order chi connectivity index (χ0) is 28.2. The molecule has 1 aromatic carbocycles. The van der Waals surface area contributed by atoms with Gasteiger partial charge in [0.15, 0.2) is 5.78 Å². The number of aromatic nitrogens is 1. The molecule has 6 nitrogen and oxygen atoms in total. The van der Waals surface area contributed by atoms with Gasteiger partial charge in [-0.2, -0.15) is 0 Å². The van der Waals surface area contributed by atoms with Crippen LogP contribution in [0.1, 0.15) is 114 Å². The molecule has 2 aromatic rings. The number of aryl methyl sites for hydroxylation is 1. The van der Waals surface area contributed by atoms with Crippen molar-refractivity contribution in [3.05, 3.63) is 53.3 Å². The van der Waals surface area contributed by atoms with Gasteiger partial charge in [-0.25, -0.2) is 0 Å². The summed E-state index contributed by atoms with van der Waals surface area (Å²) in [7, 11) is 0. The summed E-state index contributed by atoms with van der Waals surface area (Å²) in [4.78, 5) is 24.5. The van der Waals surface area contributed by atoms with E-state index in [1.54, 1.807) is 6.20 Å². The van der Waals surface area contributed by atoms with Gasteiger partial charge in [0.05, 0.1) is 12.0 Å². The number of hydrogen-bond acceptors (Lipinski definition) is 4. The monoisotopic (exact) mass is 527 g/mol. The quantitative estimate of drug-likeness (QED) is 0.157. The molecule has 1 aromatic heterocycles. The lowest BCUT2D eigenvalue weighted by molar-refractivity contribution is -0.141. The van der Waals surface area contributed by atoms with Gasteiger partial charge in [0, 0.05) is 23.9 Å². The fourth-order valence-electron chi connectivity index (χ4n) is 4.82. The third kappa shape index (κ3) is 9.30. The van der Waals surface area contributed by atoms with Gasteiger partial charge in [-0.1, -0.05) is 71.9 Å². The van der Waals surface area contributed by atoms with Crippen LogP contribution in [0.25, 0.3) is 0 Å². The largest absolute Gasteiger partial charge is 0.488 e. The highest BCUT2D eigenvalue weighted by molar-refractivity contribution is 5.98. The number of aliphatic hydroxyl groups excluding tert-OH is 1. The van der Waals surface area contributed by atoms with Crippen molar-refractivity contribution in [2.75, 3.05) is 0 Å². The van der Waals surface area contributed by atoms with Gasteiger partial charge in [0.2, 0.25) is 0 Å². The molecule has 2 rings (SSSR count). The number of carbonyl (C=O) groups is 2. The zero-order valence-electron chi connectivity index (χ0n) is 24.3. The lowest BCUT2D eigenvalue weighted by Gasteiger charge is -2.27. The van der Waals surface area contributed by atoms with Crippen LogP contribution in [0, 0.1) is 11.8 Å². The Balaban J connectivity index is 2.04. The summed E-state index contributed by atoms with van der Waals surface area (Å²) in [6, 6.07) is 7.75. The van der Waals surface area contributed by atoms with Gasteiger partial charge >= 0.3 is 5.97 Å². The topological polar surface area (TPSA) is 88.8 Å². The Kier molecular flexibility index (Phi) is 13.1. The molecule has 0 bridgehead atoms. The smallest absolute Gasteiger partial charge is 0.306 e. The molecule has 1 heterocycles. The molecule has 0 aliphatic heterocycles. The second-order valence-corrected chi connectivity index (χ2v) is 11.0. The maximum atomic E-state index is 12.9. The maximum absolute atomic E-state index is 12.9. The number of aliphatic carboxylic acids is 1. The lowest BCUT2D eigenvalue weighted by atomic mass is 9.93. The van der Waals surface area contributed by atoms with Crippen LogP contribution in [0.15, 0.2) is 36.7 Å². The van der Waals surface area contributed by atoms with E-state index in [-0.39, 0.29) is 24.2 Å². The molecule has 2 N–H and O–H groups in total. The van der Waals surface area contributed by atoms with Crippen LogP contribution >= 0.6 is 0 Å². The molecule has 0 amide bonds. The summed E-state index contributed by atoms with van der Waals surface area (Å²) in [6.07, 6.45) is 11.8. The number of benzene rings is 1. The first-order valence-electron chi connectivity index (χ1n) is 14.5. The predicted molar refractivity (Wildman–Crippen MR) is 153 cm³/mol. The third-order valence-corrected chi connectivity index (χ3v) is 7.54. The highest BCUT2D eigenvalue weighted by Gasteiger charge is 2.28. The molecule has 38 heavy (non-hydrogen) atoms. The fourth-order valence-corrected chi connectivity index (χ4v) is 4.82. The van der Waals surface area contributed by atoms with E-state index in [2.05, 4.69) is 19.1 Å². The number of carbonyl (C=O) groups excluding carboxylic acids is 1. The van der Waals surface area contributed by atoms with E-state index in [0.717, 1.165) is 6.42 Å². The highest BCUT2D eigenvalue weighted by atomic mass is 16.5. The van der Waals surface area contributed by atoms with Crippen molar-refractivity contribution >= 4 is 11.8 Å². The van der Waals surface area contributed by atoms with Gasteiger partial charge in [-0.15, -0.1) is 0 Å². The minimum atomic E-state index is -0.865. The number of carboxylic acids is 1. The molecule has 0 aliphatic rings. The molecule has 0 saturated heterocycles. The van der Waals surface area contributed by atoms with Crippen LogP contribution in [0.3, 0.4) is 0 Å². The van der Waals surface area contributed by atoms with Crippen LogP contribution in [0.2, 0.25) is 0 Å². The van der Waals surface area contributed by atoms with E-state index in [1.807, 2.05) is 57.5 Å². The standard InChI is InChI=1S/C32H49NO5/c1-7-9-10-11-12-13-14-25-15-17-28(18-16-25)38-24(6)31(35)23(5)33-20-27(19-26(8-2)32(36)37)29(21-33)30(34)22(3)4/h15-18,20-24,26,31,35H,7-14,19H2,1-6H3,(H,36,37). The Morgan fingerprint density at radius 3 is 2.13 bits per heavy atom. The molecule has 212 valence electrons. The number of aliphatic hydroxyl groups is 1. The Bertz CT molecular complexity index is 994. The molecular formula is C32H49NO5. The number of unbranched alkanes of at least 4 members (excludes halogenated alkanes) is 5. The molecule has 4 atom stereocenters. The average Bonchev–Trinajstić information content (AvgIpc) is 3.32. The highest BCUT2D eigenvalue weighted by Crippen LogP contribution is 2.26. The Hall–Kier alpha value is -2.60. The number of Topliss-reactive ketones (excluding diaryl/α,β-unsaturated/α-hetero) is 1. The van der Waals surface area contributed by atoms with Crippen LogP contribution in [0.4, 0.5) is 0 Å². The number of hydrogen-bond donors (Lipinski definition) is 2. The Labute approximate surface area is 229 Å². The first kappa shape index (κ1) is 31.6. The zero-order valence-corrected chi connectivity index (χ0v) is 24.3. The van der Waals surface area contributed by atoms with Gasteiger partial charge in [0.1, 0.15) is 18.0 Å². The molecule has 0 spiro atoms. The van der Waals surface area contributed by atoms with Gasteiger partial charge in [0.25, 0.3) is 0 Å². The summed E-state index contributed by atoms with van der Waals surface area (Å²) < 4.78 is 7.90. The number of ether oxygens (including phenoxy) is 1. The Morgan fingerprint density at radius 2 is 1.55 bits per heavy atom. The minimum Gasteiger partial charge on any atom is -0.488 e. The first-order valence-corrected chi connectivity index (χ1v) is 14.5. The minimum absolute atomic E-state index is 0.0222. The van der Waals surface area contributed by atoms with Crippen molar-refractivity contribution < 1.29 is 24.5 Å². The van der Waals surface area contributed by atoms with Gasteiger partial charge in [-0.05, 0) is 62.8 Å². The van der Waals surface area contributed by atoms with Crippen molar-refractivity contribution in [2.24, 2.45) is 11.8 Å². The van der Waals surface area contributed by atoms with Crippen LogP contribution in [0.5, 0.6) is 5.75 Å². The molecule has 0 saturated carbocycles. The average molecular weight is 528 g/mol. The van der Waals surface area contributed by atoms with Gasteiger partial charge < -0.3 is 19.5 Å². The second-order valence-electron chi connectivity index (χ2n) is 11.0. The van der Waals surface area contributed by atoms with E-state index in [4.69, 9.17) is 4.74 Å². The van der Waals surface area contributed by atoms with Crippen molar-refractivity contribution in [3.63, 3.8) is 0 Å². The Morgan fingerprint density at radius 1 is 0.921 bits per heavy atom. The normalized spacial score (nSPS) is 14.7. The summed E-state index contributed by atoms with van der Waals surface area (Å²) in [5.41, 5.74) is 2.54.